The molecule has 100 valence electrons. The zero-order valence-electron chi connectivity index (χ0n) is 11.8. The number of ether oxygens (including phenoxy) is 1. The maximum Gasteiger partial charge on any atom is 0.0613 e. The Balaban J connectivity index is 2.04. The van der Waals surface area contributed by atoms with Gasteiger partial charge < -0.3 is 10.1 Å². The van der Waals surface area contributed by atoms with Crippen LogP contribution in [0.15, 0.2) is 18.2 Å². The highest BCUT2D eigenvalue weighted by Crippen LogP contribution is 2.24. The molecule has 0 bridgehead atoms. The standard InChI is InChI=1S/C16H25NO/c1-12(11-18-3)17-13(2)15-9-8-14-6-4-5-7-16(14)10-15/h8-10,12-13,17H,4-7,11H2,1-3H3. The van der Waals surface area contributed by atoms with Gasteiger partial charge >= 0.3 is 0 Å². The number of benzene rings is 1. The van der Waals surface area contributed by atoms with E-state index in [0.717, 1.165) is 6.61 Å². The van der Waals surface area contributed by atoms with Crippen LogP contribution >= 0.6 is 0 Å². The SMILES string of the molecule is COCC(C)NC(C)c1ccc2c(c1)CCCC2. The second-order valence-electron chi connectivity index (χ2n) is 5.48. The molecule has 0 aliphatic heterocycles. The molecule has 1 aliphatic rings. The lowest BCUT2D eigenvalue weighted by Crippen LogP contribution is -2.32. The van der Waals surface area contributed by atoms with E-state index < -0.39 is 0 Å². The van der Waals surface area contributed by atoms with Gasteiger partial charge in [0.15, 0.2) is 0 Å². The van der Waals surface area contributed by atoms with Crippen LogP contribution in [-0.4, -0.2) is 19.8 Å². The van der Waals surface area contributed by atoms with Crippen molar-refractivity contribution in [1.82, 2.24) is 5.32 Å². The quantitative estimate of drug-likeness (QED) is 0.862. The number of aryl methyl sites for hydroxylation is 2. The predicted octanol–water partition coefficient (Wildman–Crippen LogP) is 3.25. The fourth-order valence-corrected chi connectivity index (χ4v) is 2.84. The molecule has 0 heterocycles. The Morgan fingerprint density at radius 1 is 1.17 bits per heavy atom. The molecule has 2 nitrogen and oxygen atoms in total. The summed E-state index contributed by atoms with van der Waals surface area (Å²) in [6.07, 6.45) is 5.21. The van der Waals surface area contributed by atoms with Crippen molar-refractivity contribution in [1.29, 1.82) is 0 Å². The van der Waals surface area contributed by atoms with E-state index >= 15 is 0 Å². The third-order valence-electron chi connectivity index (χ3n) is 3.82. The largest absolute Gasteiger partial charge is 0.383 e. The molecule has 0 amide bonds. The molecule has 2 rings (SSSR count). The number of methoxy groups -OCH3 is 1. The third-order valence-corrected chi connectivity index (χ3v) is 3.82. The highest BCUT2D eigenvalue weighted by Gasteiger charge is 2.13. The van der Waals surface area contributed by atoms with Crippen molar-refractivity contribution < 1.29 is 4.74 Å². The zero-order valence-corrected chi connectivity index (χ0v) is 11.8. The van der Waals surface area contributed by atoms with Crippen molar-refractivity contribution in [3.8, 4) is 0 Å². The monoisotopic (exact) mass is 247 g/mol. The van der Waals surface area contributed by atoms with Crippen LogP contribution in [0, 0.1) is 0 Å². The van der Waals surface area contributed by atoms with Crippen molar-refractivity contribution in [3.63, 3.8) is 0 Å². The highest BCUT2D eigenvalue weighted by molar-refractivity contribution is 5.35. The molecule has 2 atom stereocenters. The topological polar surface area (TPSA) is 21.3 Å². The van der Waals surface area contributed by atoms with Crippen molar-refractivity contribution >= 4 is 0 Å². The van der Waals surface area contributed by atoms with Gasteiger partial charge in [0, 0.05) is 19.2 Å². The summed E-state index contributed by atoms with van der Waals surface area (Å²) in [6.45, 7) is 5.16. The molecular weight excluding hydrogens is 222 g/mol. The summed E-state index contributed by atoms with van der Waals surface area (Å²) in [6, 6.07) is 7.78. The fourth-order valence-electron chi connectivity index (χ4n) is 2.84. The summed E-state index contributed by atoms with van der Waals surface area (Å²) in [5.41, 5.74) is 4.52. The van der Waals surface area contributed by atoms with Crippen LogP contribution in [0.3, 0.4) is 0 Å². The van der Waals surface area contributed by atoms with Gasteiger partial charge in [-0.1, -0.05) is 18.2 Å². The van der Waals surface area contributed by atoms with Crippen LogP contribution in [0.2, 0.25) is 0 Å². The summed E-state index contributed by atoms with van der Waals surface area (Å²) < 4.78 is 5.17. The van der Waals surface area contributed by atoms with E-state index in [4.69, 9.17) is 4.74 Å². The summed E-state index contributed by atoms with van der Waals surface area (Å²) >= 11 is 0. The molecule has 0 spiro atoms. The summed E-state index contributed by atoms with van der Waals surface area (Å²) in [4.78, 5) is 0. The number of hydrogen-bond donors (Lipinski definition) is 1. The average molecular weight is 247 g/mol. The Morgan fingerprint density at radius 3 is 2.61 bits per heavy atom. The summed E-state index contributed by atoms with van der Waals surface area (Å²) in [7, 11) is 1.75. The minimum atomic E-state index is 0.390. The van der Waals surface area contributed by atoms with E-state index in [9.17, 15) is 0 Å². The molecule has 1 aromatic rings. The minimum Gasteiger partial charge on any atom is -0.383 e. The van der Waals surface area contributed by atoms with Gasteiger partial charge in [-0.15, -0.1) is 0 Å². The molecule has 0 saturated carbocycles. The lowest BCUT2D eigenvalue weighted by Gasteiger charge is -2.22. The van der Waals surface area contributed by atoms with E-state index in [0.29, 0.717) is 12.1 Å². The predicted molar refractivity (Wildman–Crippen MR) is 76.0 cm³/mol. The lowest BCUT2D eigenvalue weighted by molar-refractivity contribution is 0.167. The van der Waals surface area contributed by atoms with Crippen molar-refractivity contribution in [2.24, 2.45) is 0 Å². The average Bonchev–Trinajstić information content (AvgIpc) is 2.38. The summed E-state index contributed by atoms with van der Waals surface area (Å²) in [5, 5.41) is 3.58. The second kappa shape index (κ2) is 6.35. The van der Waals surface area contributed by atoms with Crippen molar-refractivity contribution in [2.75, 3.05) is 13.7 Å². The maximum atomic E-state index is 5.17. The van der Waals surface area contributed by atoms with E-state index in [-0.39, 0.29) is 0 Å². The van der Waals surface area contributed by atoms with Crippen LogP contribution in [0.4, 0.5) is 0 Å². The van der Waals surface area contributed by atoms with Gasteiger partial charge in [-0.2, -0.15) is 0 Å². The zero-order chi connectivity index (χ0) is 13.0. The van der Waals surface area contributed by atoms with E-state index in [1.807, 2.05) is 0 Å². The molecule has 1 aliphatic carbocycles. The van der Waals surface area contributed by atoms with Crippen LogP contribution in [0.5, 0.6) is 0 Å². The molecular formula is C16H25NO. The first-order valence-electron chi connectivity index (χ1n) is 7.07. The van der Waals surface area contributed by atoms with Gasteiger partial charge in [0.05, 0.1) is 6.61 Å². The van der Waals surface area contributed by atoms with Crippen LogP contribution in [0.25, 0.3) is 0 Å². The number of hydrogen-bond acceptors (Lipinski definition) is 2. The number of fused-ring (bicyclic) bond motifs is 1. The Kier molecular flexibility index (Phi) is 4.79. The van der Waals surface area contributed by atoms with Crippen LogP contribution in [-0.2, 0) is 17.6 Å². The molecule has 1 N–H and O–H groups in total. The first kappa shape index (κ1) is 13.6. The Labute approximate surface area is 111 Å². The van der Waals surface area contributed by atoms with Gasteiger partial charge in [0.2, 0.25) is 0 Å². The fraction of sp³-hybridized carbons (Fsp3) is 0.625. The minimum absolute atomic E-state index is 0.390. The molecule has 18 heavy (non-hydrogen) atoms. The molecule has 0 radical (unpaired) electrons. The number of nitrogens with one attached hydrogen (secondary N) is 1. The number of rotatable bonds is 5. The first-order chi connectivity index (χ1) is 8.70. The Morgan fingerprint density at radius 2 is 1.89 bits per heavy atom. The smallest absolute Gasteiger partial charge is 0.0613 e. The van der Waals surface area contributed by atoms with Gasteiger partial charge in [0.25, 0.3) is 0 Å². The third kappa shape index (κ3) is 3.33. The molecule has 0 fully saturated rings. The van der Waals surface area contributed by atoms with Crippen molar-refractivity contribution in [3.05, 3.63) is 34.9 Å². The first-order valence-corrected chi connectivity index (χ1v) is 7.07. The highest BCUT2D eigenvalue weighted by atomic mass is 16.5. The van der Waals surface area contributed by atoms with Crippen LogP contribution < -0.4 is 5.32 Å². The van der Waals surface area contributed by atoms with Crippen LogP contribution in [0.1, 0.15) is 49.4 Å². The molecule has 0 saturated heterocycles. The summed E-state index contributed by atoms with van der Waals surface area (Å²) in [5.74, 6) is 0. The van der Waals surface area contributed by atoms with E-state index in [1.165, 1.54) is 31.2 Å². The van der Waals surface area contributed by atoms with Gasteiger partial charge in [-0.05, 0) is 56.2 Å². The van der Waals surface area contributed by atoms with Gasteiger partial charge in [-0.3, -0.25) is 0 Å². The van der Waals surface area contributed by atoms with E-state index in [2.05, 4.69) is 37.4 Å². The lowest BCUT2D eigenvalue weighted by atomic mass is 9.89. The van der Waals surface area contributed by atoms with E-state index in [1.54, 1.807) is 18.2 Å². The maximum absolute atomic E-state index is 5.17. The second-order valence-corrected chi connectivity index (χ2v) is 5.48. The molecule has 2 unspecified atom stereocenters. The Hall–Kier alpha value is -0.860. The molecule has 2 heteroatoms. The normalized spacial score (nSPS) is 18.2. The van der Waals surface area contributed by atoms with Crippen molar-refractivity contribution in [2.45, 2.75) is 51.6 Å². The van der Waals surface area contributed by atoms with Gasteiger partial charge in [0.1, 0.15) is 0 Å². The van der Waals surface area contributed by atoms with Gasteiger partial charge in [-0.25, -0.2) is 0 Å². The molecule has 1 aromatic carbocycles. The Bertz CT molecular complexity index is 389. The molecule has 0 aromatic heterocycles.